The number of aliphatic hydroxyl groups is 1. The molecule has 0 saturated carbocycles. The van der Waals surface area contributed by atoms with E-state index in [9.17, 15) is 10.2 Å². The molecular formula is C16H21NO3. The largest absolute Gasteiger partial charge is 0.508 e. The summed E-state index contributed by atoms with van der Waals surface area (Å²) in [7, 11) is 0. The second-order valence-electron chi connectivity index (χ2n) is 5.19. The molecule has 2 aromatic rings. The first-order valence-electron chi connectivity index (χ1n) is 6.82. The lowest BCUT2D eigenvalue weighted by Crippen LogP contribution is -2.35. The number of fused-ring (bicyclic) bond motifs is 1. The van der Waals surface area contributed by atoms with E-state index < -0.39 is 6.10 Å². The Bertz CT molecular complexity index is 569. The van der Waals surface area contributed by atoms with Crippen LogP contribution in [0, 0.1) is 0 Å². The van der Waals surface area contributed by atoms with E-state index in [2.05, 4.69) is 5.32 Å². The summed E-state index contributed by atoms with van der Waals surface area (Å²) < 4.78 is 5.67. The van der Waals surface area contributed by atoms with Crippen LogP contribution < -0.4 is 10.1 Å². The van der Waals surface area contributed by atoms with Gasteiger partial charge in [-0.05, 0) is 23.6 Å². The number of benzene rings is 2. The molecule has 2 rings (SSSR count). The molecule has 0 aromatic heterocycles. The number of aromatic hydroxyl groups is 1. The zero-order valence-corrected chi connectivity index (χ0v) is 11.8. The molecule has 0 aliphatic carbocycles. The van der Waals surface area contributed by atoms with Gasteiger partial charge in [-0.3, -0.25) is 0 Å². The summed E-state index contributed by atoms with van der Waals surface area (Å²) in [4.78, 5) is 0. The van der Waals surface area contributed by atoms with Gasteiger partial charge in [0.25, 0.3) is 0 Å². The molecule has 2 aromatic carbocycles. The third-order valence-electron chi connectivity index (χ3n) is 3.02. The minimum absolute atomic E-state index is 0.204. The lowest BCUT2D eigenvalue weighted by molar-refractivity contribution is 0.105. The van der Waals surface area contributed by atoms with Crippen molar-refractivity contribution in [3.63, 3.8) is 0 Å². The number of rotatable bonds is 6. The summed E-state index contributed by atoms with van der Waals surface area (Å²) >= 11 is 0. The summed E-state index contributed by atoms with van der Waals surface area (Å²) in [5.74, 6) is 0.873. The maximum Gasteiger partial charge on any atom is 0.127 e. The van der Waals surface area contributed by atoms with Gasteiger partial charge in [-0.2, -0.15) is 0 Å². The van der Waals surface area contributed by atoms with E-state index >= 15 is 0 Å². The maximum absolute atomic E-state index is 9.85. The number of phenolic OH excluding ortho intramolecular Hbond substituents is 1. The van der Waals surface area contributed by atoms with Gasteiger partial charge in [-0.25, -0.2) is 0 Å². The molecular weight excluding hydrogens is 254 g/mol. The van der Waals surface area contributed by atoms with Gasteiger partial charge in [0.2, 0.25) is 0 Å². The zero-order valence-electron chi connectivity index (χ0n) is 11.8. The summed E-state index contributed by atoms with van der Waals surface area (Å²) in [6.07, 6.45) is -0.565. The number of ether oxygens (including phenoxy) is 1. The van der Waals surface area contributed by atoms with Gasteiger partial charge in [0.05, 0.1) is 0 Å². The quantitative estimate of drug-likeness (QED) is 0.757. The van der Waals surface area contributed by atoms with Crippen LogP contribution in [0.4, 0.5) is 0 Å². The molecule has 0 aliphatic heterocycles. The van der Waals surface area contributed by atoms with Gasteiger partial charge < -0.3 is 20.3 Å². The van der Waals surface area contributed by atoms with Crippen LogP contribution in [-0.4, -0.2) is 35.5 Å². The minimum Gasteiger partial charge on any atom is -0.508 e. The van der Waals surface area contributed by atoms with Crippen molar-refractivity contribution >= 4 is 10.8 Å². The topological polar surface area (TPSA) is 61.7 Å². The van der Waals surface area contributed by atoms with Crippen molar-refractivity contribution < 1.29 is 14.9 Å². The van der Waals surface area contributed by atoms with Gasteiger partial charge in [0.1, 0.15) is 24.2 Å². The first kappa shape index (κ1) is 14.6. The van der Waals surface area contributed by atoms with Crippen LogP contribution in [0.15, 0.2) is 36.4 Å². The fourth-order valence-corrected chi connectivity index (χ4v) is 1.97. The average molecular weight is 275 g/mol. The highest BCUT2D eigenvalue weighted by atomic mass is 16.5. The lowest BCUT2D eigenvalue weighted by Gasteiger charge is -2.16. The average Bonchev–Trinajstić information content (AvgIpc) is 2.42. The molecule has 3 N–H and O–H groups in total. The Morgan fingerprint density at radius 2 is 2.00 bits per heavy atom. The predicted octanol–water partition coefficient (Wildman–Crippen LogP) is 2.28. The van der Waals surface area contributed by atoms with Crippen LogP contribution >= 0.6 is 0 Å². The van der Waals surface area contributed by atoms with E-state index in [4.69, 9.17) is 4.74 Å². The molecule has 0 fully saturated rings. The van der Waals surface area contributed by atoms with Crippen molar-refractivity contribution in [3.8, 4) is 11.5 Å². The SMILES string of the molecule is CC(C)NC[C@@H](O)COc1cccc2ccc(O)cc12. The monoisotopic (exact) mass is 275 g/mol. The summed E-state index contributed by atoms with van der Waals surface area (Å²) in [5.41, 5.74) is 0. The molecule has 0 heterocycles. The second kappa shape index (κ2) is 6.59. The van der Waals surface area contributed by atoms with Crippen LogP contribution in [0.5, 0.6) is 11.5 Å². The molecule has 0 amide bonds. The third-order valence-corrected chi connectivity index (χ3v) is 3.02. The number of hydrogen-bond donors (Lipinski definition) is 3. The van der Waals surface area contributed by atoms with Gasteiger partial charge in [-0.15, -0.1) is 0 Å². The highest BCUT2D eigenvalue weighted by molar-refractivity contribution is 5.89. The molecule has 1 atom stereocenters. The normalized spacial score (nSPS) is 12.8. The van der Waals surface area contributed by atoms with Crippen LogP contribution in [0.1, 0.15) is 13.8 Å². The Morgan fingerprint density at radius 1 is 1.20 bits per heavy atom. The fourth-order valence-electron chi connectivity index (χ4n) is 1.97. The summed E-state index contributed by atoms with van der Waals surface area (Å²) in [5, 5.41) is 24.4. The van der Waals surface area contributed by atoms with Crippen LogP contribution in [0.3, 0.4) is 0 Å². The number of aliphatic hydroxyl groups excluding tert-OH is 1. The van der Waals surface area contributed by atoms with E-state index in [1.165, 1.54) is 0 Å². The van der Waals surface area contributed by atoms with Gasteiger partial charge in [0.15, 0.2) is 0 Å². The van der Waals surface area contributed by atoms with E-state index in [1.807, 2.05) is 38.1 Å². The smallest absolute Gasteiger partial charge is 0.127 e. The summed E-state index contributed by atoms with van der Waals surface area (Å²) in [6, 6.07) is 11.2. The van der Waals surface area contributed by atoms with Crippen molar-refractivity contribution in [2.75, 3.05) is 13.2 Å². The molecule has 20 heavy (non-hydrogen) atoms. The van der Waals surface area contributed by atoms with Crippen LogP contribution in [0.2, 0.25) is 0 Å². The standard InChI is InChI=1S/C16H21NO3/c1-11(2)17-9-14(19)10-20-16-5-3-4-12-6-7-13(18)8-15(12)16/h3-8,11,14,17-19H,9-10H2,1-2H3/t14-/m1/s1. The Balaban J connectivity index is 2.04. The maximum atomic E-state index is 9.85. The van der Waals surface area contributed by atoms with E-state index in [1.54, 1.807) is 12.1 Å². The van der Waals surface area contributed by atoms with Crippen molar-refractivity contribution in [1.29, 1.82) is 0 Å². The highest BCUT2D eigenvalue weighted by Crippen LogP contribution is 2.28. The van der Waals surface area contributed by atoms with Gasteiger partial charge in [-0.1, -0.05) is 32.0 Å². The Labute approximate surface area is 119 Å². The minimum atomic E-state index is -0.565. The van der Waals surface area contributed by atoms with Crippen molar-refractivity contribution in [1.82, 2.24) is 5.32 Å². The summed E-state index contributed by atoms with van der Waals surface area (Å²) in [6.45, 7) is 4.77. The number of hydrogen-bond acceptors (Lipinski definition) is 4. The van der Waals surface area contributed by atoms with Gasteiger partial charge >= 0.3 is 0 Å². The number of nitrogens with one attached hydrogen (secondary N) is 1. The van der Waals surface area contributed by atoms with Crippen LogP contribution in [0.25, 0.3) is 10.8 Å². The molecule has 4 heteroatoms. The molecule has 0 saturated heterocycles. The van der Waals surface area contributed by atoms with Gasteiger partial charge in [0, 0.05) is 18.0 Å². The van der Waals surface area contributed by atoms with Crippen molar-refractivity contribution in [3.05, 3.63) is 36.4 Å². The van der Waals surface area contributed by atoms with E-state index in [-0.39, 0.29) is 12.4 Å². The zero-order chi connectivity index (χ0) is 14.5. The first-order chi connectivity index (χ1) is 9.56. The third kappa shape index (κ3) is 3.85. The Hall–Kier alpha value is -1.78. The molecule has 0 spiro atoms. The lowest BCUT2D eigenvalue weighted by atomic mass is 10.1. The molecule has 0 bridgehead atoms. The first-order valence-corrected chi connectivity index (χ1v) is 6.82. The Kier molecular flexibility index (Phi) is 4.82. The highest BCUT2D eigenvalue weighted by Gasteiger charge is 2.08. The molecule has 0 unspecified atom stereocenters. The van der Waals surface area contributed by atoms with E-state index in [0.717, 1.165) is 10.8 Å². The van der Waals surface area contributed by atoms with Crippen molar-refractivity contribution in [2.24, 2.45) is 0 Å². The molecule has 0 radical (unpaired) electrons. The molecule has 108 valence electrons. The Morgan fingerprint density at radius 3 is 2.75 bits per heavy atom. The molecule has 4 nitrogen and oxygen atoms in total. The second-order valence-corrected chi connectivity index (χ2v) is 5.19. The molecule has 0 aliphatic rings. The van der Waals surface area contributed by atoms with Crippen LogP contribution in [-0.2, 0) is 0 Å². The van der Waals surface area contributed by atoms with E-state index in [0.29, 0.717) is 18.3 Å². The predicted molar refractivity (Wildman–Crippen MR) is 80.3 cm³/mol. The van der Waals surface area contributed by atoms with Crippen molar-refractivity contribution in [2.45, 2.75) is 26.0 Å². The number of phenols is 1. The fraction of sp³-hybridized carbons (Fsp3) is 0.375.